The molecule has 0 spiro atoms. The fourth-order valence-electron chi connectivity index (χ4n) is 2.12. The number of ether oxygens (including phenoxy) is 2. The molecule has 0 aromatic carbocycles. The van der Waals surface area contributed by atoms with Gasteiger partial charge in [0, 0.05) is 13.3 Å². The van der Waals surface area contributed by atoms with Crippen LogP contribution in [-0.2, 0) is 14.3 Å². The smallest absolute Gasteiger partial charge is 0.302 e. The van der Waals surface area contributed by atoms with Gasteiger partial charge >= 0.3 is 5.97 Å². The zero-order valence-corrected chi connectivity index (χ0v) is 12.7. The molecule has 0 amide bonds. The maximum atomic E-state index is 11.1. The second-order valence-corrected chi connectivity index (χ2v) is 5.17. The molecule has 3 heteroatoms. The molecule has 0 saturated carbocycles. The van der Waals surface area contributed by atoms with Crippen molar-refractivity contribution < 1.29 is 14.3 Å². The Hall–Kier alpha value is -1.27. The van der Waals surface area contributed by atoms with E-state index in [4.69, 9.17) is 9.47 Å². The minimum Gasteiger partial charge on any atom is -0.460 e. The molecular weight excluding hydrogens is 252 g/mol. The zero-order chi connectivity index (χ0) is 14.8. The van der Waals surface area contributed by atoms with Crippen molar-refractivity contribution in [2.45, 2.75) is 77.1 Å². The van der Waals surface area contributed by atoms with Gasteiger partial charge in [-0.1, -0.05) is 38.2 Å². The average molecular weight is 278 g/mol. The normalized spacial score (nSPS) is 21.5. The van der Waals surface area contributed by atoms with E-state index in [1.54, 1.807) is 0 Å². The number of allylic oxidation sites excluding steroid dienone is 1. The van der Waals surface area contributed by atoms with Gasteiger partial charge in [0.2, 0.25) is 0 Å². The SMILES string of the molecule is C=CCC[C@H](OC(C)=O)[C@H]1O[C@H]1C#CCCCCCC. The average Bonchev–Trinajstić information content (AvgIpc) is 3.17. The van der Waals surface area contributed by atoms with E-state index in [-0.39, 0.29) is 24.3 Å². The van der Waals surface area contributed by atoms with Gasteiger partial charge in [-0.2, -0.15) is 0 Å². The highest BCUT2D eigenvalue weighted by Gasteiger charge is 2.45. The lowest BCUT2D eigenvalue weighted by atomic mass is 10.1. The van der Waals surface area contributed by atoms with E-state index in [0.29, 0.717) is 0 Å². The highest BCUT2D eigenvalue weighted by Crippen LogP contribution is 2.29. The highest BCUT2D eigenvalue weighted by molar-refractivity contribution is 5.66. The van der Waals surface area contributed by atoms with Gasteiger partial charge in [-0.15, -0.1) is 12.5 Å². The fourth-order valence-corrected chi connectivity index (χ4v) is 2.12. The largest absolute Gasteiger partial charge is 0.460 e. The van der Waals surface area contributed by atoms with Crippen molar-refractivity contribution in [1.29, 1.82) is 0 Å². The summed E-state index contributed by atoms with van der Waals surface area (Å²) < 4.78 is 10.8. The summed E-state index contributed by atoms with van der Waals surface area (Å²) in [6.45, 7) is 7.32. The highest BCUT2D eigenvalue weighted by atomic mass is 16.6. The third-order valence-corrected chi connectivity index (χ3v) is 3.26. The molecule has 20 heavy (non-hydrogen) atoms. The Morgan fingerprint density at radius 1 is 1.45 bits per heavy atom. The van der Waals surface area contributed by atoms with E-state index >= 15 is 0 Å². The van der Waals surface area contributed by atoms with E-state index in [9.17, 15) is 4.79 Å². The lowest BCUT2D eigenvalue weighted by Crippen LogP contribution is -2.23. The number of unbranched alkanes of at least 4 members (excludes halogenated alkanes) is 4. The Morgan fingerprint density at radius 2 is 2.25 bits per heavy atom. The molecule has 0 aliphatic carbocycles. The minimum atomic E-state index is -0.263. The van der Waals surface area contributed by atoms with Gasteiger partial charge in [-0.05, 0) is 19.3 Å². The molecule has 0 aromatic heterocycles. The van der Waals surface area contributed by atoms with Crippen molar-refractivity contribution in [1.82, 2.24) is 0 Å². The third-order valence-electron chi connectivity index (χ3n) is 3.26. The molecule has 1 aliphatic rings. The summed E-state index contributed by atoms with van der Waals surface area (Å²) in [6, 6.07) is 0. The van der Waals surface area contributed by atoms with Crippen molar-refractivity contribution in [3.8, 4) is 11.8 Å². The third kappa shape index (κ3) is 6.77. The Labute approximate surface area is 122 Å². The minimum absolute atomic E-state index is 0.0537. The van der Waals surface area contributed by atoms with Crippen molar-refractivity contribution in [3.63, 3.8) is 0 Å². The van der Waals surface area contributed by atoms with Crippen LogP contribution in [0.4, 0.5) is 0 Å². The number of hydrogen-bond donors (Lipinski definition) is 0. The van der Waals surface area contributed by atoms with Gasteiger partial charge in [0.05, 0.1) is 0 Å². The lowest BCUT2D eigenvalue weighted by molar-refractivity contribution is -0.147. The number of esters is 1. The predicted octanol–water partition coefficient (Wildman–Crippen LogP) is 3.63. The zero-order valence-electron chi connectivity index (χ0n) is 12.7. The number of hydrogen-bond acceptors (Lipinski definition) is 3. The van der Waals surface area contributed by atoms with Gasteiger partial charge in [0.1, 0.15) is 18.3 Å². The van der Waals surface area contributed by atoms with Crippen molar-refractivity contribution in [2.75, 3.05) is 0 Å². The quantitative estimate of drug-likeness (QED) is 0.212. The summed E-state index contributed by atoms with van der Waals surface area (Å²) >= 11 is 0. The summed E-state index contributed by atoms with van der Waals surface area (Å²) in [5.41, 5.74) is 0. The maximum absolute atomic E-state index is 11.1. The summed E-state index contributed by atoms with van der Waals surface area (Å²) in [4.78, 5) is 11.1. The molecule has 0 unspecified atom stereocenters. The van der Waals surface area contributed by atoms with Crippen LogP contribution in [-0.4, -0.2) is 24.3 Å². The molecule has 0 aromatic rings. The molecule has 0 N–H and O–H groups in total. The second-order valence-electron chi connectivity index (χ2n) is 5.17. The number of epoxide rings is 1. The van der Waals surface area contributed by atoms with Crippen LogP contribution in [0.5, 0.6) is 0 Å². The van der Waals surface area contributed by atoms with E-state index in [0.717, 1.165) is 25.7 Å². The van der Waals surface area contributed by atoms with Crippen LogP contribution in [0.15, 0.2) is 12.7 Å². The Morgan fingerprint density at radius 3 is 2.90 bits per heavy atom. The van der Waals surface area contributed by atoms with Crippen LogP contribution < -0.4 is 0 Å². The van der Waals surface area contributed by atoms with Crippen LogP contribution in [0.3, 0.4) is 0 Å². The van der Waals surface area contributed by atoms with Crippen LogP contribution in [0, 0.1) is 11.8 Å². The molecule has 1 saturated heterocycles. The maximum Gasteiger partial charge on any atom is 0.302 e. The van der Waals surface area contributed by atoms with Crippen LogP contribution in [0.25, 0.3) is 0 Å². The summed E-state index contributed by atoms with van der Waals surface area (Å²) in [5, 5.41) is 0. The van der Waals surface area contributed by atoms with Crippen LogP contribution in [0.1, 0.15) is 58.8 Å². The number of rotatable bonds is 9. The van der Waals surface area contributed by atoms with E-state index in [1.165, 1.54) is 26.2 Å². The van der Waals surface area contributed by atoms with Crippen molar-refractivity contribution in [3.05, 3.63) is 12.7 Å². The number of carbonyl (C=O) groups excluding carboxylic acids is 1. The molecule has 0 radical (unpaired) electrons. The standard InChI is InChI=1S/C17H26O3/c1-4-6-8-9-10-11-13-16-17(20-16)15(12-7-5-2)19-14(3)18/h5,15-17H,2,4,6-10,12H2,1,3H3/t15-,16-,17+/m0/s1. The first-order valence-electron chi connectivity index (χ1n) is 7.61. The molecule has 1 fully saturated rings. The van der Waals surface area contributed by atoms with E-state index in [1.807, 2.05) is 6.08 Å². The first-order valence-corrected chi connectivity index (χ1v) is 7.61. The summed E-state index contributed by atoms with van der Waals surface area (Å²) in [7, 11) is 0. The molecule has 112 valence electrons. The van der Waals surface area contributed by atoms with Gasteiger partial charge in [0.25, 0.3) is 0 Å². The molecule has 1 rings (SSSR count). The number of carbonyl (C=O) groups is 1. The molecule has 0 bridgehead atoms. The molecule has 3 atom stereocenters. The summed E-state index contributed by atoms with van der Waals surface area (Å²) in [6.07, 6.45) is 8.94. The van der Waals surface area contributed by atoms with Crippen LogP contribution in [0.2, 0.25) is 0 Å². The monoisotopic (exact) mass is 278 g/mol. The first-order chi connectivity index (χ1) is 9.69. The van der Waals surface area contributed by atoms with Crippen molar-refractivity contribution in [2.24, 2.45) is 0 Å². The topological polar surface area (TPSA) is 38.8 Å². The van der Waals surface area contributed by atoms with E-state index < -0.39 is 0 Å². The molecule has 1 aliphatic heterocycles. The summed E-state index contributed by atoms with van der Waals surface area (Å²) in [5.74, 6) is 6.03. The van der Waals surface area contributed by atoms with Gasteiger partial charge < -0.3 is 9.47 Å². The lowest BCUT2D eigenvalue weighted by Gasteiger charge is -2.13. The molecular formula is C17H26O3. The predicted molar refractivity (Wildman–Crippen MR) is 80.2 cm³/mol. The molecule has 1 heterocycles. The van der Waals surface area contributed by atoms with E-state index in [2.05, 4.69) is 25.3 Å². The van der Waals surface area contributed by atoms with Gasteiger partial charge in [-0.25, -0.2) is 0 Å². The van der Waals surface area contributed by atoms with Crippen LogP contribution >= 0.6 is 0 Å². The van der Waals surface area contributed by atoms with Gasteiger partial charge in [-0.3, -0.25) is 4.79 Å². The Bertz CT molecular complexity index is 364. The Kier molecular flexibility index (Phi) is 8.06. The first kappa shape index (κ1) is 16.8. The van der Waals surface area contributed by atoms with Gasteiger partial charge in [0.15, 0.2) is 0 Å². The molecule has 3 nitrogen and oxygen atoms in total. The second kappa shape index (κ2) is 9.61. The fraction of sp³-hybridized carbons (Fsp3) is 0.706. The van der Waals surface area contributed by atoms with Crippen molar-refractivity contribution >= 4 is 5.97 Å². The Balaban J connectivity index is 2.28.